The molecule has 1 unspecified atom stereocenters. The topological polar surface area (TPSA) is 80.4 Å². The van der Waals surface area contributed by atoms with Gasteiger partial charge in [0.2, 0.25) is 5.91 Å². The van der Waals surface area contributed by atoms with Crippen molar-refractivity contribution in [2.24, 2.45) is 5.92 Å². The molecule has 0 spiro atoms. The van der Waals surface area contributed by atoms with Crippen LogP contribution in [-0.4, -0.2) is 47.2 Å². The van der Waals surface area contributed by atoms with E-state index in [-0.39, 0.29) is 11.8 Å². The molecule has 1 aliphatic rings. The highest BCUT2D eigenvalue weighted by atomic mass is 16.5. The highest BCUT2D eigenvalue weighted by Gasteiger charge is 2.24. The quantitative estimate of drug-likeness (QED) is 0.793. The van der Waals surface area contributed by atoms with Gasteiger partial charge in [-0.15, -0.1) is 0 Å². The Balaban J connectivity index is 1.55. The first-order chi connectivity index (χ1) is 12.7. The Morgan fingerprint density at radius 1 is 1.42 bits per heavy atom. The van der Waals surface area contributed by atoms with E-state index < -0.39 is 0 Å². The molecule has 1 aliphatic heterocycles. The van der Waals surface area contributed by atoms with Gasteiger partial charge in [-0.2, -0.15) is 5.26 Å². The highest BCUT2D eigenvalue weighted by molar-refractivity contribution is 5.76. The van der Waals surface area contributed by atoms with Gasteiger partial charge < -0.3 is 18.9 Å². The van der Waals surface area contributed by atoms with Gasteiger partial charge in [0.05, 0.1) is 31.7 Å². The van der Waals surface area contributed by atoms with Gasteiger partial charge in [0.1, 0.15) is 6.54 Å². The number of piperidine rings is 1. The van der Waals surface area contributed by atoms with E-state index in [1.807, 2.05) is 4.90 Å². The third kappa shape index (κ3) is 4.33. The molecular weight excluding hydrogens is 332 g/mol. The fraction of sp³-hybridized carbons (Fsp3) is 0.421. The number of nitriles is 1. The van der Waals surface area contributed by atoms with Crippen LogP contribution in [-0.2, 0) is 11.3 Å². The van der Waals surface area contributed by atoms with Crippen molar-refractivity contribution in [3.8, 4) is 17.6 Å². The summed E-state index contributed by atoms with van der Waals surface area (Å²) in [7, 11) is 1.56. The maximum atomic E-state index is 12.4. The molecule has 0 N–H and O–H groups in total. The Bertz CT molecular complexity index is 783. The van der Waals surface area contributed by atoms with Gasteiger partial charge in [0.15, 0.2) is 11.5 Å². The van der Waals surface area contributed by atoms with E-state index >= 15 is 0 Å². The number of hydrogen-bond acceptors (Lipinski definition) is 5. The number of rotatable bonds is 6. The largest absolute Gasteiger partial charge is 0.493 e. The molecule has 0 radical (unpaired) electrons. The van der Waals surface area contributed by atoms with Gasteiger partial charge in [0.25, 0.3) is 0 Å². The van der Waals surface area contributed by atoms with E-state index in [9.17, 15) is 4.79 Å². The summed E-state index contributed by atoms with van der Waals surface area (Å²) >= 11 is 0. The van der Waals surface area contributed by atoms with Crippen molar-refractivity contribution in [2.45, 2.75) is 19.4 Å². The first kappa shape index (κ1) is 17.8. The summed E-state index contributed by atoms with van der Waals surface area (Å²) in [5.74, 6) is 1.54. The SMILES string of the molecule is COc1cc(C#N)ccc1OCC1CCCN(C(=O)Cn2ccnc2)C1. The van der Waals surface area contributed by atoms with Crippen molar-refractivity contribution in [2.75, 3.05) is 26.8 Å². The minimum atomic E-state index is 0.101. The van der Waals surface area contributed by atoms with E-state index in [4.69, 9.17) is 14.7 Å². The number of likely N-dealkylation sites (tertiary alicyclic amines) is 1. The molecule has 7 nitrogen and oxygen atoms in total. The average Bonchev–Trinajstić information content (AvgIpc) is 3.19. The number of imidazole rings is 1. The summed E-state index contributed by atoms with van der Waals surface area (Å²) in [6, 6.07) is 7.21. The molecule has 1 atom stereocenters. The third-order valence-corrected chi connectivity index (χ3v) is 4.52. The second-order valence-corrected chi connectivity index (χ2v) is 6.37. The molecule has 7 heteroatoms. The number of carbonyl (C=O) groups excluding carboxylic acids is 1. The van der Waals surface area contributed by atoms with Crippen LogP contribution in [0.25, 0.3) is 0 Å². The maximum absolute atomic E-state index is 12.4. The Labute approximate surface area is 152 Å². The molecule has 2 heterocycles. The predicted molar refractivity (Wildman–Crippen MR) is 94.7 cm³/mol. The molecule has 1 fully saturated rings. The molecule has 1 aromatic carbocycles. The van der Waals surface area contributed by atoms with Gasteiger partial charge in [0, 0.05) is 37.5 Å². The highest BCUT2D eigenvalue weighted by Crippen LogP contribution is 2.29. The lowest BCUT2D eigenvalue weighted by Crippen LogP contribution is -2.42. The number of amides is 1. The summed E-state index contributed by atoms with van der Waals surface area (Å²) in [6.07, 6.45) is 7.10. The molecule has 0 saturated carbocycles. The normalized spacial score (nSPS) is 16.8. The summed E-state index contributed by atoms with van der Waals surface area (Å²) in [6.45, 7) is 2.30. The van der Waals surface area contributed by atoms with Crippen LogP contribution in [0.1, 0.15) is 18.4 Å². The van der Waals surface area contributed by atoms with Crippen molar-refractivity contribution >= 4 is 5.91 Å². The van der Waals surface area contributed by atoms with Gasteiger partial charge in [-0.25, -0.2) is 4.98 Å². The van der Waals surface area contributed by atoms with E-state index in [2.05, 4.69) is 11.1 Å². The standard InChI is InChI=1S/C19H22N4O3/c1-25-18-9-15(10-20)4-5-17(18)26-13-16-3-2-7-23(11-16)19(24)12-22-8-6-21-14-22/h4-6,8-9,14,16H,2-3,7,11-13H2,1H3. The Morgan fingerprint density at radius 2 is 2.31 bits per heavy atom. The lowest BCUT2D eigenvalue weighted by Gasteiger charge is -2.32. The molecule has 1 saturated heterocycles. The zero-order valence-electron chi connectivity index (χ0n) is 14.8. The minimum absolute atomic E-state index is 0.101. The first-order valence-electron chi connectivity index (χ1n) is 8.64. The van der Waals surface area contributed by atoms with E-state index in [0.717, 1.165) is 19.4 Å². The molecule has 1 amide bonds. The molecule has 0 bridgehead atoms. The average molecular weight is 354 g/mol. The monoisotopic (exact) mass is 354 g/mol. The Morgan fingerprint density at radius 3 is 3.04 bits per heavy atom. The number of benzene rings is 1. The maximum Gasteiger partial charge on any atom is 0.242 e. The van der Waals surface area contributed by atoms with Gasteiger partial charge >= 0.3 is 0 Å². The van der Waals surface area contributed by atoms with Crippen molar-refractivity contribution in [1.82, 2.24) is 14.5 Å². The van der Waals surface area contributed by atoms with Crippen LogP contribution in [0.5, 0.6) is 11.5 Å². The van der Waals surface area contributed by atoms with Crippen LogP contribution in [0.15, 0.2) is 36.9 Å². The lowest BCUT2D eigenvalue weighted by atomic mass is 9.99. The number of ether oxygens (including phenoxy) is 2. The van der Waals surface area contributed by atoms with Gasteiger partial charge in [-0.05, 0) is 25.0 Å². The summed E-state index contributed by atoms with van der Waals surface area (Å²) in [5, 5.41) is 8.97. The van der Waals surface area contributed by atoms with Crippen molar-refractivity contribution < 1.29 is 14.3 Å². The summed E-state index contributed by atoms with van der Waals surface area (Å²) in [5.41, 5.74) is 0.531. The smallest absolute Gasteiger partial charge is 0.242 e. The Kier molecular flexibility index (Phi) is 5.74. The summed E-state index contributed by atoms with van der Waals surface area (Å²) < 4.78 is 13.0. The molecule has 3 rings (SSSR count). The fourth-order valence-electron chi connectivity index (χ4n) is 3.13. The third-order valence-electron chi connectivity index (χ3n) is 4.52. The van der Waals surface area contributed by atoms with Crippen molar-refractivity contribution in [3.05, 3.63) is 42.5 Å². The predicted octanol–water partition coefficient (Wildman–Crippen LogP) is 2.08. The van der Waals surface area contributed by atoms with Crippen LogP contribution < -0.4 is 9.47 Å². The van der Waals surface area contributed by atoms with Crippen LogP contribution in [0.3, 0.4) is 0 Å². The van der Waals surface area contributed by atoms with Crippen molar-refractivity contribution in [1.29, 1.82) is 5.26 Å². The zero-order valence-corrected chi connectivity index (χ0v) is 14.8. The van der Waals surface area contributed by atoms with Crippen LogP contribution in [0.2, 0.25) is 0 Å². The van der Waals surface area contributed by atoms with E-state index in [1.54, 1.807) is 48.6 Å². The lowest BCUT2D eigenvalue weighted by molar-refractivity contribution is -0.133. The number of carbonyl (C=O) groups is 1. The molecule has 1 aromatic heterocycles. The molecule has 136 valence electrons. The second kappa shape index (κ2) is 8.39. The fourth-order valence-corrected chi connectivity index (χ4v) is 3.13. The van der Waals surface area contributed by atoms with Crippen LogP contribution in [0.4, 0.5) is 0 Å². The molecular formula is C19H22N4O3. The van der Waals surface area contributed by atoms with Gasteiger partial charge in [-0.3, -0.25) is 4.79 Å². The summed E-state index contributed by atoms with van der Waals surface area (Å²) in [4.78, 5) is 18.3. The van der Waals surface area contributed by atoms with Crippen molar-refractivity contribution in [3.63, 3.8) is 0 Å². The minimum Gasteiger partial charge on any atom is -0.493 e. The number of nitrogens with zero attached hydrogens (tertiary/aromatic N) is 4. The second-order valence-electron chi connectivity index (χ2n) is 6.37. The van der Waals surface area contributed by atoms with E-state index in [1.165, 1.54) is 0 Å². The number of hydrogen-bond donors (Lipinski definition) is 0. The van der Waals surface area contributed by atoms with Crippen LogP contribution >= 0.6 is 0 Å². The number of methoxy groups -OCH3 is 1. The van der Waals surface area contributed by atoms with Crippen LogP contribution in [0, 0.1) is 17.2 Å². The van der Waals surface area contributed by atoms with E-state index in [0.29, 0.717) is 36.8 Å². The zero-order chi connectivity index (χ0) is 18.4. The number of aromatic nitrogens is 2. The first-order valence-corrected chi connectivity index (χ1v) is 8.64. The van der Waals surface area contributed by atoms with Gasteiger partial charge in [-0.1, -0.05) is 0 Å². The molecule has 0 aliphatic carbocycles. The Hall–Kier alpha value is -3.01. The molecule has 26 heavy (non-hydrogen) atoms. The molecule has 2 aromatic rings.